The lowest BCUT2D eigenvalue weighted by Crippen LogP contribution is -2.19. The number of hydrogen-bond acceptors (Lipinski definition) is 4. The molecule has 2 amide bonds. The van der Waals surface area contributed by atoms with Crippen molar-refractivity contribution in [3.63, 3.8) is 0 Å². The van der Waals surface area contributed by atoms with E-state index in [2.05, 4.69) is 15.4 Å². The van der Waals surface area contributed by atoms with Crippen LogP contribution in [0.5, 0.6) is 0 Å². The fourth-order valence-corrected chi connectivity index (χ4v) is 2.59. The summed E-state index contributed by atoms with van der Waals surface area (Å²) in [6, 6.07) is 9.96. The Hall–Kier alpha value is -3.22. The Morgan fingerprint density at radius 3 is 2.71 bits per heavy atom. The van der Waals surface area contributed by atoms with E-state index in [0.717, 1.165) is 18.5 Å². The first-order valence-electron chi connectivity index (χ1n) is 7.68. The molecule has 120 valence electrons. The SMILES string of the molecule is NC(=O)c1ccccc1NC(=O)c1ccc2nc(C3CC3)cn2n1. The van der Waals surface area contributed by atoms with Gasteiger partial charge in [0.25, 0.3) is 11.8 Å². The molecule has 0 saturated heterocycles. The van der Waals surface area contributed by atoms with Crippen LogP contribution in [-0.4, -0.2) is 26.4 Å². The standard InChI is InChI=1S/C17H15N5O2/c18-16(23)11-3-1-2-4-12(11)20-17(24)13-7-8-15-19-14(10-5-6-10)9-22(15)21-13/h1-4,7-10H,5-6H2,(H2,18,23)(H,20,24). The van der Waals surface area contributed by atoms with Crippen LogP contribution >= 0.6 is 0 Å². The van der Waals surface area contributed by atoms with Gasteiger partial charge in [-0.25, -0.2) is 9.50 Å². The first kappa shape index (κ1) is 14.4. The maximum atomic E-state index is 12.4. The third-order valence-electron chi connectivity index (χ3n) is 4.01. The number of para-hydroxylation sites is 1. The number of anilines is 1. The first-order chi connectivity index (χ1) is 11.6. The van der Waals surface area contributed by atoms with E-state index in [1.807, 2.05) is 6.20 Å². The predicted octanol–water partition coefficient (Wildman–Crippen LogP) is 1.96. The lowest BCUT2D eigenvalue weighted by atomic mass is 10.1. The predicted molar refractivity (Wildman–Crippen MR) is 87.9 cm³/mol. The number of aromatic nitrogens is 3. The van der Waals surface area contributed by atoms with Crippen molar-refractivity contribution in [1.82, 2.24) is 14.6 Å². The zero-order valence-electron chi connectivity index (χ0n) is 12.8. The largest absolute Gasteiger partial charge is 0.366 e. The highest BCUT2D eigenvalue weighted by atomic mass is 16.2. The van der Waals surface area contributed by atoms with Crippen LogP contribution in [0.15, 0.2) is 42.6 Å². The number of carbonyl (C=O) groups is 2. The van der Waals surface area contributed by atoms with Gasteiger partial charge in [-0.15, -0.1) is 0 Å². The molecule has 4 rings (SSSR count). The highest BCUT2D eigenvalue weighted by Gasteiger charge is 2.26. The average Bonchev–Trinajstić information content (AvgIpc) is 3.34. The Morgan fingerprint density at radius 1 is 1.17 bits per heavy atom. The van der Waals surface area contributed by atoms with Crippen molar-refractivity contribution >= 4 is 23.1 Å². The van der Waals surface area contributed by atoms with E-state index in [1.165, 1.54) is 0 Å². The zero-order chi connectivity index (χ0) is 16.7. The van der Waals surface area contributed by atoms with E-state index in [4.69, 9.17) is 5.73 Å². The van der Waals surface area contributed by atoms with Crippen LogP contribution < -0.4 is 11.1 Å². The Morgan fingerprint density at radius 2 is 1.96 bits per heavy atom. The van der Waals surface area contributed by atoms with Gasteiger partial charge in [0.2, 0.25) is 0 Å². The minimum atomic E-state index is -0.599. The van der Waals surface area contributed by atoms with Crippen molar-refractivity contribution in [3.8, 4) is 0 Å². The monoisotopic (exact) mass is 321 g/mol. The van der Waals surface area contributed by atoms with Gasteiger partial charge in [0, 0.05) is 5.92 Å². The lowest BCUT2D eigenvalue weighted by molar-refractivity contribution is 0.100. The number of nitrogens with two attached hydrogens (primary N) is 1. The van der Waals surface area contributed by atoms with Gasteiger partial charge in [0.05, 0.1) is 23.1 Å². The second-order valence-corrected chi connectivity index (χ2v) is 5.83. The molecule has 0 bridgehead atoms. The molecule has 0 unspecified atom stereocenters. The molecule has 24 heavy (non-hydrogen) atoms. The highest BCUT2D eigenvalue weighted by Crippen LogP contribution is 2.39. The van der Waals surface area contributed by atoms with E-state index in [1.54, 1.807) is 40.9 Å². The van der Waals surface area contributed by atoms with E-state index >= 15 is 0 Å². The van der Waals surface area contributed by atoms with Gasteiger partial charge in [-0.05, 0) is 37.1 Å². The van der Waals surface area contributed by atoms with Crippen molar-refractivity contribution in [3.05, 3.63) is 59.5 Å². The minimum Gasteiger partial charge on any atom is -0.366 e. The number of nitrogens with zero attached hydrogens (tertiary/aromatic N) is 3. The van der Waals surface area contributed by atoms with Crippen molar-refractivity contribution in [1.29, 1.82) is 0 Å². The molecule has 0 radical (unpaired) electrons. The molecule has 1 aliphatic rings. The number of nitrogens with one attached hydrogen (secondary N) is 1. The molecule has 3 aromatic rings. The molecule has 1 aromatic carbocycles. The van der Waals surface area contributed by atoms with Crippen LogP contribution in [0.25, 0.3) is 5.65 Å². The summed E-state index contributed by atoms with van der Waals surface area (Å²) in [5, 5.41) is 6.98. The summed E-state index contributed by atoms with van der Waals surface area (Å²) in [6.45, 7) is 0. The van der Waals surface area contributed by atoms with Crippen LogP contribution in [-0.2, 0) is 0 Å². The van der Waals surface area contributed by atoms with E-state index in [0.29, 0.717) is 17.3 Å². The minimum absolute atomic E-state index is 0.238. The van der Waals surface area contributed by atoms with E-state index in [-0.39, 0.29) is 11.3 Å². The van der Waals surface area contributed by atoms with Crippen molar-refractivity contribution in [2.75, 3.05) is 5.32 Å². The summed E-state index contributed by atoms with van der Waals surface area (Å²) in [4.78, 5) is 28.4. The molecule has 0 aliphatic heterocycles. The number of imidazole rings is 1. The molecular formula is C17H15N5O2. The molecule has 1 aliphatic carbocycles. The van der Waals surface area contributed by atoms with Gasteiger partial charge in [0.1, 0.15) is 5.69 Å². The van der Waals surface area contributed by atoms with Gasteiger partial charge < -0.3 is 11.1 Å². The quantitative estimate of drug-likeness (QED) is 0.766. The summed E-state index contributed by atoms with van der Waals surface area (Å²) in [6.07, 6.45) is 4.17. The van der Waals surface area contributed by atoms with Crippen molar-refractivity contribution in [2.45, 2.75) is 18.8 Å². The molecule has 1 saturated carbocycles. The number of hydrogen-bond donors (Lipinski definition) is 2. The Kier molecular flexibility index (Phi) is 3.26. The van der Waals surface area contributed by atoms with Crippen LogP contribution in [0.3, 0.4) is 0 Å². The third-order valence-corrected chi connectivity index (χ3v) is 4.01. The van der Waals surface area contributed by atoms with Crippen molar-refractivity contribution < 1.29 is 9.59 Å². The normalized spacial score (nSPS) is 13.8. The highest BCUT2D eigenvalue weighted by molar-refractivity contribution is 6.07. The number of amides is 2. The number of carbonyl (C=O) groups excluding carboxylic acids is 2. The zero-order valence-corrected chi connectivity index (χ0v) is 12.8. The van der Waals surface area contributed by atoms with E-state index < -0.39 is 11.8 Å². The van der Waals surface area contributed by atoms with Crippen molar-refractivity contribution in [2.24, 2.45) is 5.73 Å². The Bertz CT molecular complexity index is 959. The smallest absolute Gasteiger partial charge is 0.276 e. The molecule has 0 spiro atoms. The van der Waals surface area contributed by atoms with Gasteiger partial charge in [-0.2, -0.15) is 5.10 Å². The summed E-state index contributed by atoms with van der Waals surface area (Å²) in [7, 11) is 0. The number of rotatable bonds is 4. The topological polar surface area (TPSA) is 102 Å². The summed E-state index contributed by atoms with van der Waals surface area (Å²) in [5.41, 5.74) is 7.90. The van der Waals surface area contributed by atoms with Crippen LogP contribution in [0, 0.1) is 0 Å². The summed E-state index contributed by atoms with van der Waals surface area (Å²) < 4.78 is 1.61. The molecule has 3 N–H and O–H groups in total. The molecule has 0 atom stereocenters. The van der Waals surface area contributed by atoms with Gasteiger partial charge in [0.15, 0.2) is 5.65 Å². The maximum absolute atomic E-state index is 12.4. The fourth-order valence-electron chi connectivity index (χ4n) is 2.59. The molecule has 7 nitrogen and oxygen atoms in total. The second-order valence-electron chi connectivity index (χ2n) is 5.83. The molecule has 2 aromatic heterocycles. The van der Waals surface area contributed by atoms with Crippen LogP contribution in [0.4, 0.5) is 5.69 Å². The summed E-state index contributed by atoms with van der Waals surface area (Å²) >= 11 is 0. The number of primary amides is 1. The Labute approximate surface area is 137 Å². The Balaban J connectivity index is 1.62. The molecule has 7 heteroatoms. The van der Waals surface area contributed by atoms with Crippen LogP contribution in [0.1, 0.15) is 45.3 Å². The second kappa shape index (κ2) is 5.45. The lowest BCUT2D eigenvalue weighted by Gasteiger charge is -2.08. The maximum Gasteiger partial charge on any atom is 0.276 e. The van der Waals surface area contributed by atoms with Gasteiger partial charge >= 0.3 is 0 Å². The molecular weight excluding hydrogens is 306 g/mol. The average molecular weight is 321 g/mol. The van der Waals surface area contributed by atoms with Gasteiger partial charge in [-0.1, -0.05) is 12.1 Å². The molecule has 2 heterocycles. The van der Waals surface area contributed by atoms with Crippen LogP contribution in [0.2, 0.25) is 0 Å². The molecule has 1 fully saturated rings. The number of fused-ring (bicyclic) bond motifs is 1. The number of benzene rings is 1. The first-order valence-corrected chi connectivity index (χ1v) is 7.68. The van der Waals surface area contributed by atoms with Gasteiger partial charge in [-0.3, -0.25) is 9.59 Å². The fraction of sp³-hybridized carbons (Fsp3) is 0.176. The summed E-state index contributed by atoms with van der Waals surface area (Å²) in [5.74, 6) is -0.489. The third kappa shape index (κ3) is 2.60. The van der Waals surface area contributed by atoms with E-state index in [9.17, 15) is 9.59 Å².